The fourth-order valence-corrected chi connectivity index (χ4v) is 3.63. The van der Waals surface area contributed by atoms with Gasteiger partial charge in [-0.3, -0.25) is 4.79 Å². The lowest BCUT2D eigenvalue weighted by Gasteiger charge is -2.04. The first-order chi connectivity index (χ1) is 10.7. The summed E-state index contributed by atoms with van der Waals surface area (Å²) < 4.78 is 13.5. The number of thiophene rings is 1. The van der Waals surface area contributed by atoms with Gasteiger partial charge in [-0.05, 0) is 29.5 Å². The molecule has 1 N–H and O–H groups in total. The van der Waals surface area contributed by atoms with Crippen LogP contribution in [0.5, 0.6) is 0 Å². The zero-order valence-electron chi connectivity index (χ0n) is 11.6. The van der Waals surface area contributed by atoms with E-state index in [4.69, 9.17) is 0 Å². The predicted molar refractivity (Wildman–Crippen MR) is 87.9 cm³/mol. The molecule has 0 saturated heterocycles. The molecule has 6 heteroatoms. The number of hydrogen-bond donors (Lipinski definition) is 1. The summed E-state index contributed by atoms with van der Waals surface area (Å²) in [5.74, 6) is -0.411. The molecule has 2 aromatic heterocycles. The SMILES string of the molecule is O=C(NCCc1ccccc1F)c1cnc(-c2cccs2)s1. The number of halogens is 1. The van der Waals surface area contributed by atoms with Crippen molar-refractivity contribution in [3.05, 3.63) is 64.2 Å². The van der Waals surface area contributed by atoms with Crippen LogP contribution in [0.3, 0.4) is 0 Å². The first-order valence-corrected chi connectivity index (χ1v) is 8.45. The average Bonchev–Trinajstić information content (AvgIpc) is 3.20. The van der Waals surface area contributed by atoms with Crippen LogP contribution in [0.2, 0.25) is 0 Å². The maximum Gasteiger partial charge on any atom is 0.263 e. The second-order valence-electron chi connectivity index (χ2n) is 4.60. The van der Waals surface area contributed by atoms with Crippen molar-refractivity contribution in [3.8, 4) is 9.88 Å². The minimum absolute atomic E-state index is 0.170. The molecular weight excluding hydrogens is 319 g/mol. The van der Waals surface area contributed by atoms with Crippen molar-refractivity contribution in [2.45, 2.75) is 6.42 Å². The van der Waals surface area contributed by atoms with Crippen molar-refractivity contribution in [3.63, 3.8) is 0 Å². The number of aromatic nitrogens is 1. The normalized spacial score (nSPS) is 10.6. The number of nitrogens with zero attached hydrogens (tertiary/aromatic N) is 1. The zero-order chi connectivity index (χ0) is 15.4. The summed E-state index contributed by atoms with van der Waals surface area (Å²) in [6.07, 6.45) is 2.05. The van der Waals surface area contributed by atoms with Gasteiger partial charge in [0.1, 0.15) is 15.7 Å². The van der Waals surface area contributed by atoms with Crippen LogP contribution in [0.15, 0.2) is 48.0 Å². The van der Waals surface area contributed by atoms with Crippen LogP contribution in [-0.2, 0) is 6.42 Å². The van der Waals surface area contributed by atoms with Crippen molar-refractivity contribution in [1.29, 1.82) is 0 Å². The fourth-order valence-electron chi connectivity index (χ4n) is 1.99. The van der Waals surface area contributed by atoms with E-state index in [9.17, 15) is 9.18 Å². The molecule has 22 heavy (non-hydrogen) atoms. The lowest BCUT2D eigenvalue weighted by molar-refractivity contribution is 0.0958. The molecule has 0 bridgehead atoms. The van der Waals surface area contributed by atoms with Crippen LogP contribution in [0.1, 0.15) is 15.2 Å². The second kappa shape index (κ2) is 6.81. The quantitative estimate of drug-likeness (QED) is 0.768. The molecule has 0 spiro atoms. The molecule has 1 amide bonds. The van der Waals surface area contributed by atoms with Crippen LogP contribution in [0, 0.1) is 5.82 Å². The van der Waals surface area contributed by atoms with E-state index in [0.717, 1.165) is 9.88 Å². The van der Waals surface area contributed by atoms with Gasteiger partial charge in [0.15, 0.2) is 0 Å². The molecule has 0 atom stereocenters. The minimum atomic E-state index is -0.241. The summed E-state index contributed by atoms with van der Waals surface area (Å²) >= 11 is 2.95. The van der Waals surface area contributed by atoms with E-state index in [2.05, 4.69) is 10.3 Å². The highest BCUT2D eigenvalue weighted by molar-refractivity contribution is 7.21. The third-order valence-corrected chi connectivity index (χ3v) is 5.13. The Kier molecular flexibility index (Phi) is 4.60. The molecule has 0 aliphatic heterocycles. The van der Waals surface area contributed by atoms with Gasteiger partial charge in [-0.2, -0.15) is 0 Å². The molecule has 0 unspecified atom stereocenters. The monoisotopic (exact) mass is 332 g/mol. The van der Waals surface area contributed by atoms with Gasteiger partial charge in [-0.1, -0.05) is 24.3 Å². The van der Waals surface area contributed by atoms with Gasteiger partial charge in [0.2, 0.25) is 0 Å². The smallest absolute Gasteiger partial charge is 0.263 e. The number of hydrogen-bond acceptors (Lipinski definition) is 4. The Morgan fingerprint density at radius 3 is 2.86 bits per heavy atom. The number of thiazole rings is 1. The Labute approximate surface area is 135 Å². The topological polar surface area (TPSA) is 42.0 Å². The molecule has 0 saturated carbocycles. The molecule has 112 valence electrons. The summed E-state index contributed by atoms with van der Waals surface area (Å²) in [4.78, 5) is 18.0. The molecule has 3 rings (SSSR count). The van der Waals surface area contributed by atoms with Gasteiger partial charge in [0.05, 0.1) is 11.1 Å². The van der Waals surface area contributed by atoms with E-state index in [1.165, 1.54) is 17.4 Å². The van der Waals surface area contributed by atoms with Crippen molar-refractivity contribution in [1.82, 2.24) is 10.3 Å². The number of benzene rings is 1. The Bertz CT molecular complexity index is 768. The Hall–Kier alpha value is -2.05. The first-order valence-electron chi connectivity index (χ1n) is 6.75. The van der Waals surface area contributed by atoms with E-state index in [1.807, 2.05) is 17.5 Å². The molecule has 2 heterocycles. The summed E-state index contributed by atoms with van der Waals surface area (Å²) in [6, 6.07) is 10.5. The lowest BCUT2D eigenvalue weighted by atomic mass is 10.1. The Morgan fingerprint density at radius 1 is 1.23 bits per heavy atom. The molecule has 0 fully saturated rings. The number of rotatable bonds is 5. The third kappa shape index (κ3) is 3.40. The molecule has 0 radical (unpaired) electrons. The Morgan fingerprint density at radius 2 is 2.09 bits per heavy atom. The van der Waals surface area contributed by atoms with Crippen molar-refractivity contribution >= 4 is 28.6 Å². The highest BCUT2D eigenvalue weighted by atomic mass is 32.1. The van der Waals surface area contributed by atoms with Gasteiger partial charge in [0.25, 0.3) is 5.91 Å². The number of nitrogens with one attached hydrogen (secondary N) is 1. The van der Waals surface area contributed by atoms with Crippen molar-refractivity contribution in [2.75, 3.05) is 6.54 Å². The van der Waals surface area contributed by atoms with E-state index in [-0.39, 0.29) is 11.7 Å². The van der Waals surface area contributed by atoms with E-state index >= 15 is 0 Å². The fraction of sp³-hybridized carbons (Fsp3) is 0.125. The standard InChI is InChI=1S/C16H13FN2OS2/c17-12-5-2-1-4-11(12)7-8-18-15(20)14-10-19-16(22-14)13-6-3-9-21-13/h1-6,9-10H,7-8H2,(H,18,20). The van der Waals surface area contributed by atoms with Gasteiger partial charge < -0.3 is 5.32 Å². The molecular formula is C16H13FN2OS2. The summed E-state index contributed by atoms with van der Waals surface area (Å²) in [6.45, 7) is 0.395. The van der Waals surface area contributed by atoms with Crippen LogP contribution in [-0.4, -0.2) is 17.4 Å². The van der Waals surface area contributed by atoms with Gasteiger partial charge >= 0.3 is 0 Å². The highest BCUT2D eigenvalue weighted by Gasteiger charge is 2.12. The summed E-state index contributed by atoms with van der Waals surface area (Å²) in [5, 5.41) is 5.62. The highest BCUT2D eigenvalue weighted by Crippen LogP contribution is 2.28. The van der Waals surface area contributed by atoms with Gasteiger partial charge in [-0.15, -0.1) is 22.7 Å². The average molecular weight is 332 g/mol. The molecule has 0 aliphatic rings. The summed E-state index contributed by atoms with van der Waals surface area (Å²) in [7, 11) is 0. The first kappa shape index (κ1) is 14.9. The molecule has 3 aromatic rings. The van der Waals surface area contributed by atoms with Crippen LogP contribution in [0.25, 0.3) is 9.88 Å². The molecule has 1 aromatic carbocycles. The van der Waals surface area contributed by atoms with E-state index in [0.29, 0.717) is 23.4 Å². The van der Waals surface area contributed by atoms with Crippen LogP contribution >= 0.6 is 22.7 Å². The maximum atomic E-state index is 13.5. The van der Waals surface area contributed by atoms with E-state index in [1.54, 1.807) is 35.7 Å². The molecule has 0 aliphatic carbocycles. The van der Waals surface area contributed by atoms with Crippen LogP contribution < -0.4 is 5.32 Å². The van der Waals surface area contributed by atoms with Crippen LogP contribution in [0.4, 0.5) is 4.39 Å². The van der Waals surface area contributed by atoms with E-state index < -0.39 is 0 Å². The third-order valence-electron chi connectivity index (χ3n) is 3.10. The lowest BCUT2D eigenvalue weighted by Crippen LogP contribution is -2.25. The minimum Gasteiger partial charge on any atom is -0.351 e. The number of amides is 1. The zero-order valence-corrected chi connectivity index (χ0v) is 13.2. The number of carbonyl (C=O) groups is 1. The van der Waals surface area contributed by atoms with Crippen molar-refractivity contribution < 1.29 is 9.18 Å². The van der Waals surface area contributed by atoms with Gasteiger partial charge in [-0.25, -0.2) is 9.37 Å². The second-order valence-corrected chi connectivity index (χ2v) is 6.58. The predicted octanol–water partition coefficient (Wildman–Crippen LogP) is 3.98. The Balaban J connectivity index is 1.57. The molecule has 3 nitrogen and oxygen atoms in total. The summed E-state index contributed by atoms with van der Waals surface area (Å²) in [5.41, 5.74) is 0.603. The largest absolute Gasteiger partial charge is 0.351 e. The van der Waals surface area contributed by atoms with Gasteiger partial charge in [0, 0.05) is 6.54 Å². The maximum absolute atomic E-state index is 13.5. The number of carbonyl (C=O) groups excluding carboxylic acids is 1. The van der Waals surface area contributed by atoms with Crippen molar-refractivity contribution in [2.24, 2.45) is 0 Å².